The Bertz CT molecular complexity index is 617. The third-order valence-electron chi connectivity index (χ3n) is 2.51. The van der Waals surface area contributed by atoms with Gasteiger partial charge in [0.15, 0.2) is 0 Å². The molecule has 0 amide bonds. The molecular weight excluding hydrogens is 268 g/mol. The van der Waals surface area contributed by atoms with Crippen LogP contribution in [0.15, 0.2) is 23.1 Å². The number of aryl methyl sites for hydroxylation is 1. The standard InChI is InChI=1S/C12H14N2O4S/c1-2-9-4-5-10(12(15)16)8-11(9)19(17,18)14-7-3-6-13/h4-5,8,14H,2-3,7H2,1H3,(H,15,16). The van der Waals surface area contributed by atoms with E-state index in [-0.39, 0.29) is 23.4 Å². The number of nitrogens with zero attached hydrogens (tertiary/aromatic N) is 1. The largest absolute Gasteiger partial charge is 0.478 e. The van der Waals surface area contributed by atoms with Gasteiger partial charge in [0, 0.05) is 13.0 Å². The molecule has 0 bridgehead atoms. The Kier molecular flexibility index (Phi) is 5.03. The van der Waals surface area contributed by atoms with Crippen molar-refractivity contribution in [2.45, 2.75) is 24.7 Å². The molecule has 1 aromatic carbocycles. The van der Waals surface area contributed by atoms with Crippen LogP contribution in [0.5, 0.6) is 0 Å². The second-order valence-electron chi connectivity index (χ2n) is 3.79. The average molecular weight is 282 g/mol. The maximum Gasteiger partial charge on any atom is 0.335 e. The minimum Gasteiger partial charge on any atom is -0.478 e. The number of nitrogens with one attached hydrogen (secondary N) is 1. The van der Waals surface area contributed by atoms with Crippen molar-refractivity contribution in [3.63, 3.8) is 0 Å². The smallest absolute Gasteiger partial charge is 0.335 e. The molecule has 0 aliphatic rings. The maximum absolute atomic E-state index is 12.0. The van der Waals surface area contributed by atoms with Gasteiger partial charge in [-0.25, -0.2) is 17.9 Å². The molecular formula is C12H14N2O4S. The number of rotatable bonds is 6. The molecule has 0 saturated carbocycles. The van der Waals surface area contributed by atoms with Crippen molar-refractivity contribution in [1.82, 2.24) is 4.72 Å². The van der Waals surface area contributed by atoms with E-state index in [0.29, 0.717) is 12.0 Å². The van der Waals surface area contributed by atoms with Gasteiger partial charge in [0.05, 0.1) is 16.5 Å². The number of sulfonamides is 1. The molecule has 6 nitrogen and oxygen atoms in total. The van der Waals surface area contributed by atoms with Crippen molar-refractivity contribution < 1.29 is 18.3 Å². The molecule has 1 aromatic rings. The van der Waals surface area contributed by atoms with E-state index in [4.69, 9.17) is 10.4 Å². The fourth-order valence-corrected chi connectivity index (χ4v) is 2.91. The van der Waals surface area contributed by atoms with Gasteiger partial charge in [-0.1, -0.05) is 13.0 Å². The summed E-state index contributed by atoms with van der Waals surface area (Å²) in [6, 6.07) is 5.82. The van der Waals surface area contributed by atoms with Gasteiger partial charge in [-0.15, -0.1) is 0 Å². The minimum absolute atomic E-state index is 0.000708. The number of hydrogen-bond acceptors (Lipinski definition) is 4. The van der Waals surface area contributed by atoms with Crippen LogP contribution in [-0.4, -0.2) is 26.0 Å². The molecule has 0 unspecified atom stereocenters. The van der Waals surface area contributed by atoms with E-state index in [1.165, 1.54) is 12.1 Å². The second-order valence-corrected chi connectivity index (χ2v) is 5.52. The molecule has 0 atom stereocenters. The highest BCUT2D eigenvalue weighted by atomic mass is 32.2. The predicted octanol–water partition coefficient (Wildman–Crippen LogP) is 1.14. The Labute approximate surface area is 111 Å². The third-order valence-corrected chi connectivity index (χ3v) is 4.06. The maximum atomic E-state index is 12.0. The summed E-state index contributed by atoms with van der Waals surface area (Å²) in [6.07, 6.45) is 0.522. The molecule has 102 valence electrons. The molecule has 0 aliphatic heterocycles. The fraction of sp³-hybridized carbons (Fsp3) is 0.333. The van der Waals surface area contributed by atoms with E-state index in [1.54, 1.807) is 6.92 Å². The first-order chi connectivity index (χ1) is 8.92. The first-order valence-electron chi connectivity index (χ1n) is 5.65. The summed E-state index contributed by atoms with van der Waals surface area (Å²) < 4.78 is 26.4. The zero-order chi connectivity index (χ0) is 14.5. The first kappa shape index (κ1) is 15.1. The quantitative estimate of drug-likeness (QED) is 0.761. The van der Waals surface area contributed by atoms with Crippen LogP contribution in [0.25, 0.3) is 0 Å². The topological polar surface area (TPSA) is 107 Å². The van der Waals surface area contributed by atoms with Gasteiger partial charge in [0.1, 0.15) is 0 Å². The van der Waals surface area contributed by atoms with E-state index in [0.717, 1.165) is 6.07 Å². The van der Waals surface area contributed by atoms with E-state index >= 15 is 0 Å². The third kappa shape index (κ3) is 3.77. The molecule has 0 aromatic heterocycles. The zero-order valence-corrected chi connectivity index (χ0v) is 11.2. The Morgan fingerprint density at radius 2 is 2.16 bits per heavy atom. The lowest BCUT2D eigenvalue weighted by atomic mass is 10.1. The van der Waals surface area contributed by atoms with Crippen LogP contribution >= 0.6 is 0 Å². The van der Waals surface area contributed by atoms with Crippen LogP contribution in [-0.2, 0) is 16.4 Å². The summed E-state index contributed by atoms with van der Waals surface area (Å²) in [4.78, 5) is 10.8. The lowest BCUT2D eigenvalue weighted by molar-refractivity contribution is 0.0696. The molecule has 0 saturated heterocycles. The van der Waals surface area contributed by atoms with Crippen LogP contribution in [0.4, 0.5) is 0 Å². The second kappa shape index (κ2) is 6.31. The molecule has 2 N–H and O–H groups in total. The van der Waals surface area contributed by atoms with Gasteiger partial charge < -0.3 is 5.11 Å². The molecule has 0 spiro atoms. The van der Waals surface area contributed by atoms with Crippen molar-refractivity contribution in [3.8, 4) is 6.07 Å². The molecule has 1 rings (SSSR count). The van der Waals surface area contributed by atoms with Crippen molar-refractivity contribution in [1.29, 1.82) is 5.26 Å². The number of benzene rings is 1. The number of carbonyl (C=O) groups is 1. The van der Waals surface area contributed by atoms with Crippen molar-refractivity contribution in [3.05, 3.63) is 29.3 Å². The van der Waals surface area contributed by atoms with E-state index < -0.39 is 16.0 Å². The van der Waals surface area contributed by atoms with Gasteiger partial charge in [-0.2, -0.15) is 5.26 Å². The van der Waals surface area contributed by atoms with E-state index in [1.807, 2.05) is 6.07 Å². The zero-order valence-electron chi connectivity index (χ0n) is 10.4. The Hall–Kier alpha value is -1.91. The van der Waals surface area contributed by atoms with Crippen LogP contribution in [0, 0.1) is 11.3 Å². The fourth-order valence-electron chi connectivity index (χ4n) is 1.55. The molecule has 7 heteroatoms. The van der Waals surface area contributed by atoms with Crippen molar-refractivity contribution in [2.75, 3.05) is 6.54 Å². The van der Waals surface area contributed by atoms with Crippen LogP contribution in [0.1, 0.15) is 29.3 Å². The predicted molar refractivity (Wildman–Crippen MR) is 68.2 cm³/mol. The molecule has 19 heavy (non-hydrogen) atoms. The lowest BCUT2D eigenvalue weighted by Crippen LogP contribution is -2.26. The average Bonchev–Trinajstić information content (AvgIpc) is 2.38. The first-order valence-corrected chi connectivity index (χ1v) is 7.13. The summed E-state index contributed by atoms with van der Waals surface area (Å²) >= 11 is 0. The number of hydrogen-bond donors (Lipinski definition) is 2. The minimum atomic E-state index is -3.80. The summed E-state index contributed by atoms with van der Waals surface area (Å²) in [5.74, 6) is -1.18. The number of carboxylic acids is 1. The highest BCUT2D eigenvalue weighted by molar-refractivity contribution is 7.89. The number of carboxylic acid groups (broad SMARTS) is 1. The highest BCUT2D eigenvalue weighted by Crippen LogP contribution is 2.18. The van der Waals surface area contributed by atoms with E-state index in [9.17, 15) is 13.2 Å². The number of nitriles is 1. The van der Waals surface area contributed by atoms with E-state index in [2.05, 4.69) is 4.72 Å². The Morgan fingerprint density at radius 1 is 1.47 bits per heavy atom. The number of aromatic carboxylic acids is 1. The van der Waals surface area contributed by atoms with Crippen LogP contribution in [0.3, 0.4) is 0 Å². The SMILES string of the molecule is CCc1ccc(C(=O)O)cc1S(=O)(=O)NCCC#N. The summed E-state index contributed by atoms with van der Waals surface area (Å²) in [6.45, 7) is 1.78. The molecule has 0 radical (unpaired) electrons. The highest BCUT2D eigenvalue weighted by Gasteiger charge is 2.19. The van der Waals surface area contributed by atoms with Gasteiger partial charge in [0.25, 0.3) is 0 Å². The van der Waals surface area contributed by atoms with Crippen molar-refractivity contribution >= 4 is 16.0 Å². The lowest BCUT2D eigenvalue weighted by Gasteiger charge is -2.10. The molecule has 0 heterocycles. The van der Waals surface area contributed by atoms with Crippen LogP contribution < -0.4 is 4.72 Å². The van der Waals surface area contributed by atoms with Gasteiger partial charge in [-0.05, 0) is 24.1 Å². The van der Waals surface area contributed by atoms with Gasteiger partial charge >= 0.3 is 5.97 Å². The summed E-state index contributed by atoms with van der Waals surface area (Å²) in [5, 5.41) is 17.3. The normalized spacial score (nSPS) is 10.9. The van der Waals surface area contributed by atoms with Gasteiger partial charge in [-0.3, -0.25) is 0 Å². The van der Waals surface area contributed by atoms with Gasteiger partial charge in [0.2, 0.25) is 10.0 Å². The molecule has 0 fully saturated rings. The van der Waals surface area contributed by atoms with Crippen molar-refractivity contribution in [2.24, 2.45) is 0 Å². The summed E-state index contributed by atoms with van der Waals surface area (Å²) in [5.41, 5.74) is 0.451. The Morgan fingerprint density at radius 3 is 2.68 bits per heavy atom. The summed E-state index contributed by atoms with van der Waals surface area (Å²) in [7, 11) is -3.80. The Balaban J connectivity index is 3.19. The monoisotopic (exact) mass is 282 g/mol. The molecule has 0 aliphatic carbocycles. The van der Waals surface area contributed by atoms with Crippen LogP contribution in [0.2, 0.25) is 0 Å².